The van der Waals surface area contributed by atoms with Gasteiger partial charge in [-0.2, -0.15) is 0 Å². The van der Waals surface area contributed by atoms with Gasteiger partial charge in [-0.25, -0.2) is 0 Å². The number of halogens is 4. The Bertz CT molecular complexity index is 562. The van der Waals surface area contributed by atoms with E-state index in [0.29, 0.717) is 0 Å². The van der Waals surface area contributed by atoms with E-state index in [1.54, 1.807) is 0 Å². The number of alkyl halides is 2. The number of hydrogen-bond donors (Lipinski definition) is 0. The van der Waals surface area contributed by atoms with Crippen LogP contribution in [-0.2, 0) is 11.8 Å². The summed E-state index contributed by atoms with van der Waals surface area (Å²) in [6.45, 7) is 0. The van der Waals surface area contributed by atoms with Crippen LogP contribution in [0.5, 0.6) is 0 Å². The van der Waals surface area contributed by atoms with E-state index in [4.69, 9.17) is 0 Å². The van der Waals surface area contributed by atoms with Crippen LogP contribution in [0.4, 0.5) is 0 Å². The van der Waals surface area contributed by atoms with Crippen LogP contribution in [0.1, 0.15) is 11.1 Å². The Morgan fingerprint density at radius 2 is 1.50 bits per heavy atom. The minimum Gasteiger partial charge on any atom is -0.0918 e. The van der Waals surface area contributed by atoms with Crippen LogP contribution < -0.4 is 0 Å². The second-order valence-electron chi connectivity index (χ2n) is 4.83. The van der Waals surface area contributed by atoms with Crippen molar-refractivity contribution >= 4 is 70.4 Å². The van der Waals surface area contributed by atoms with Crippen LogP contribution >= 0.6 is 70.4 Å². The van der Waals surface area contributed by atoms with Gasteiger partial charge in [0.25, 0.3) is 0 Å². The lowest BCUT2D eigenvalue weighted by Crippen LogP contribution is -2.33. The molecule has 0 bridgehead atoms. The summed E-state index contributed by atoms with van der Waals surface area (Å²) in [5.74, 6) is 0. The van der Waals surface area contributed by atoms with Gasteiger partial charge < -0.3 is 0 Å². The van der Waals surface area contributed by atoms with Crippen molar-refractivity contribution < 1.29 is 0 Å². The fraction of sp³-hybridized carbons (Fsp3) is 0.250. The summed E-state index contributed by atoms with van der Waals surface area (Å²) in [5, 5.41) is 1.83. The van der Waals surface area contributed by atoms with Crippen molar-refractivity contribution in [3.05, 3.63) is 67.7 Å². The zero-order valence-electron chi connectivity index (χ0n) is 10.8. The van der Waals surface area contributed by atoms with Gasteiger partial charge in [-0.1, -0.05) is 78.1 Å². The first-order valence-electron chi connectivity index (χ1n) is 6.23. The lowest BCUT2D eigenvalue weighted by atomic mass is 9.79. The van der Waals surface area contributed by atoms with E-state index in [0.717, 1.165) is 17.1 Å². The highest BCUT2D eigenvalue weighted by molar-refractivity contribution is 14.1. The van der Waals surface area contributed by atoms with Gasteiger partial charge in [-0.15, -0.1) is 0 Å². The molecule has 0 N–H and O–H groups in total. The summed E-state index contributed by atoms with van der Waals surface area (Å²) in [4.78, 5) is 0. The first kappa shape index (κ1) is 17.0. The largest absolute Gasteiger partial charge is 0.0918 e. The van der Waals surface area contributed by atoms with Gasteiger partial charge in [0.15, 0.2) is 0 Å². The molecule has 0 saturated heterocycles. The van der Waals surface area contributed by atoms with Crippen LogP contribution in [0, 0.1) is 3.57 Å². The number of hydrogen-bond acceptors (Lipinski definition) is 0. The predicted octanol–water partition coefficient (Wildman–Crippen LogP) is 6.32. The van der Waals surface area contributed by atoms with E-state index >= 15 is 0 Å². The minimum atomic E-state index is 0.0485. The quantitative estimate of drug-likeness (QED) is 0.290. The Morgan fingerprint density at radius 1 is 0.900 bits per heavy atom. The number of rotatable bonds is 5. The van der Waals surface area contributed by atoms with Gasteiger partial charge in [0.2, 0.25) is 0 Å². The molecule has 0 nitrogen and oxygen atoms in total. The van der Waals surface area contributed by atoms with Crippen LogP contribution in [0.2, 0.25) is 0 Å². The highest BCUT2D eigenvalue weighted by Gasteiger charge is 2.32. The van der Waals surface area contributed by atoms with Crippen molar-refractivity contribution in [3.8, 4) is 0 Å². The molecule has 2 aromatic carbocycles. The molecular formula is C16H14Br3I. The van der Waals surface area contributed by atoms with Crippen LogP contribution in [0.15, 0.2) is 53.0 Å². The van der Waals surface area contributed by atoms with Crippen molar-refractivity contribution in [1.29, 1.82) is 0 Å². The molecule has 0 aliphatic rings. The average molecular weight is 573 g/mol. The van der Waals surface area contributed by atoms with Gasteiger partial charge in [0.1, 0.15) is 0 Å². The summed E-state index contributed by atoms with van der Waals surface area (Å²) < 4.78 is 2.44. The van der Waals surface area contributed by atoms with E-state index < -0.39 is 0 Å². The summed E-state index contributed by atoms with van der Waals surface area (Å²) >= 11 is 13.5. The first-order valence-corrected chi connectivity index (χ1v) is 10.3. The van der Waals surface area contributed by atoms with Gasteiger partial charge in [0, 0.05) is 24.1 Å². The Balaban J connectivity index is 2.39. The summed E-state index contributed by atoms with van der Waals surface area (Å²) in [6.07, 6.45) is 1.00. The summed E-state index contributed by atoms with van der Waals surface area (Å²) in [5.41, 5.74) is 2.75. The molecule has 0 heterocycles. The maximum atomic E-state index is 3.72. The van der Waals surface area contributed by atoms with E-state index in [1.165, 1.54) is 19.2 Å². The zero-order valence-corrected chi connectivity index (χ0v) is 17.7. The molecule has 20 heavy (non-hydrogen) atoms. The fourth-order valence-corrected chi connectivity index (χ4v) is 5.25. The highest BCUT2D eigenvalue weighted by atomic mass is 127. The molecule has 0 aliphatic carbocycles. The molecule has 0 unspecified atom stereocenters. The van der Waals surface area contributed by atoms with Crippen molar-refractivity contribution in [2.45, 2.75) is 11.8 Å². The topological polar surface area (TPSA) is 0 Å². The van der Waals surface area contributed by atoms with Crippen molar-refractivity contribution in [2.24, 2.45) is 0 Å². The molecule has 106 valence electrons. The maximum Gasteiger partial charge on any atom is 0.0213 e. The second-order valence-corrected chi connectivity index (χ2v) is 8.05. The Labute approximate surface area is 159 Å². The Kier molecular flexibility index (Phi) is 6.57. The highest BCUT2D eigenvalue weighted by Crippen LogP contribution is 2.37. The third kappa shape index (κ3) is 3.87. The van der Waals surface area contributed by atoms with Crippen LogP contribution in [0.3, 0.4) is 0 Å². The van der Waals surface area contributed by atoms with Crippen molar-refractivity contribution in [2.75, 3.05) is 10.7 Å². The normalized spacial score (nSPS) is 11.6. The monoisotopic (exact) mass is 570 g/mol. The van der Waals surface area contributed by atoms with E-state index in [1.807, 2.05) is 0 Å². The van der Waals surface area contributed by atoms with E-state index in [2.05, 4.69) is 119 Å². The molecule has 0 aromatic heterocycles. The van der Waals surface area contributed by atoms with Crippen molar-refractivity contribution in [1.82, 2.24) is 0 Å². The summed E-state index contributed by atoms with van der Waals surface area (Å²) in [6, 6.07) is 17.3. The lowest BCUT2D eigenvalue weighted by Gasteiger charge is -2.32. The van der Waals surface area contributed by atoms with E-state index in [-0.39, 0.29) is 5.41 Å². The molecule has 2 aromatic rings. The molecule has 0 aliphatic heterocycles. The smallest absolute Gasteiger partial charge is 0.0213 e. The Hall–Kier alpha value is 0.610. The molecule has 0 fully saturated rings. The van der Waals surface area contributed by atoms with Crippen LogP contribution in [-0.4, -0.2) is 10.7 Å². The molecular weight excluding hydrogens is 559 g/mol. The maximum absolute atomic E-state index is 3.72. The van der Waals surface area contributed by atoms with Gasteiger partial charge in [0.05, 0.1) is 0 Å². The second kappa shape index (κ2) is 7.75. The standard InChI is InChI=1S/C16H14Br3I/c17-10-16(11-18,14-3-1-2-4-15(14)19)9-12-5-7-13(20)8-6-12/h1-8H,9-11H2. The SMILES string of the molecule is BrCC(CBr)(Cc1ccc(I)cc1)c1ccccc1Br. The number of benzene rings is 2. The third-order valence-corrected chi connectivity index (χ3v) is 6.97. The molecule has 0 radical (unpaired) electrons. The van der Waals surface area contributed by atoms with Crippen LogP contribution in [0.25, 0.3) is 0 Å². The third-order valence-electron chi connectivity index (χ3n) is 3.41. The average Bonchev–Trinajstić information content (AvgIpc) is 2.48. The molecule has 0 amide bonds. The molecule has 4 heteroatoms. The summed E-state index contributed by atoms with van der Waals surface area (Å²) in [7, 11) is 0. The van der Waals surface area contributed by atoms with Gasteiger partial charge in [-0.3, -0.25) is 0 Å². The van der Waals surface area contributed by atoms with Gasteiger partial charge in [-0.05, 0) is 58.3 Å². The van der Waals surface area contributed by atoms with Crippen molar-refractivity contribution in [3.63, 3.8) is 0 Å². The zero-order chi connectivity index (χ0) is 14.6. The minimum absolute atomic E-state index is 0.0485. The lowest BCUT2D eigenvalue weighted by molar-refractivity contribution is 0.548. The molecule has 0 saturated carbocycles. The molecule has 2 rings (SSSR count). The molecule has 0 atom stereocenters. The predicted molar refractivity (Wildman–Crippen MR) is 106 cm³/mol. The Morgan fingerprint density at radius 3 is 2.05 bits per heavy atom. The molecule has 0 spiro atoms. The van der Waals surface area contributed by atoms with Gasteiger partial charge >= 0.3 is 0 Å². The first-order chi connectivity index (χ1) is 9.61. The van der Waals surface area contributed by atoms with E-state index in [9.17, 15) is 0 Å². The fourth-order valence-electron chi connectivity index (χ4n) is 2.25.